The number of likely N-dealkylation sites (N-methyl/N-ethyl adjacent to an activating group) is 1. The topological polar surface area (TPSA) is 15.3 Å². The molecule has 0 amide bonds. The Morgan fingerprint density at radius 2 is 2.00 bits per heavy atom. The van der Waals surface area contributed by atoms with Gasteiger partial charge in [0, 0.05) is 18.6 Å². The van der Waals surface area contributed by atoms with Crippen molar-refractivity contribution < 1.29 is 0 Å². The summed E-state index contributed by atoms with van der Waals surface area (Å²) in [5.74, 6) is 0. The van der Waals surface area contributed by atoms with E-state index in [1.54, 1.807) is 0 Å². The van der Waals surface area contributed by atoms with Crippen molar-refractivity contribution in [2.24, 2.45) is 0 Å². The number of nitrogens with zero attached hydrogens (tertiary/aromatic N) is 1. The largest absolute Gasteiger partial charge is 0.312 e. The molecule has 1 fully saturated rings. The minimum absolute atomic E-state index is 0.461. The molecule has 2 nitrogen and oxygen atoms in total. The Morgan fingerprint density at radius 1 is 1.29 bits per heavy atom. The fourth-order valence-electron chi connectivity index (χ4n) is 2.43. The lowest BCUT2D eigenvalue weighted by atomic mass is 10.1. The lowest BCUT2D eigenvalue weighted by Gasteiger charge is -2.27. The number of benzene rings is 1. The van der Waals surface area contributed by atoms with Gasteiger partial charge >= 0.3 is 0 Å². The Labute approximate surface area is 105 Å². The Balaban J connectivity index is 1.98. The van der Waals surface area contributed by atoms with E-state index in [9.17, 15) is 0 Å². The molecule has 1 aromatic carbocycles. The van der Waals surface area contributed by atoms with E-state index in [-0.39, 0.29) is 0 Å². The average molecular weight is 232 g/mol. The van der Waals surface area contributed by atoms with Crippen molar-refractivity contribution in [2.75, 3.05) is 20.1 Å². The van der Waals surface area contributed by atoms with E-state index in [0.29, 0.717) is 6.04 Å². The molecule has 1 N–H and O–H groups in total. The molecular weight excluding hydrogens is 208 g/mol. The van der Waals surface area contributed by atoms with Gasteiger partial charge in [0.05, 0.1) is 0 Å². The maximum Gasteiger partial charge on any atom is 0.0446 e. The first-order valence-electron chi connectivity index (χ1n) is 6.81. The van der Waals surface area contributed by atoms with Crippen molar-refractivity contribution in [1.82, 2.24) is 10.2 Å². The molecule has 17 heavy (non-hydrogen) atoms. The van der Waals surface area contributed by atoms with Gasteiger partial charge in [-0.1, -0.05) is 37.3 Å². The lowest BCUT2D eigenvalue weighted by molar-refractivity contribution is 0.237. The highest BCUT2D eigenvalue weighted by Gasteiger charge is 2.29. The van der Waals surface area contributed by atoms with E-state index < -0.39 is 0 Å². The Bertz CT molecular complexity index is 319. The normalized spacial score (nSPS) is 17.4. The van der Waals surface area contributed by atoms with Crippen LogP contribution in [0.15, 0.2) is 30.3 Å². The molecule has 0 heterocycles. The van der Waals surface area contributed by atoms with Gasteiger partial charge in [0.2, 0.25) is 0 Å². The molecule has 1 aliphatic carbocycles. The third-order valence-electron chi connectivity index (χ3n) is 3.54. The summed E-state index contributed by atoms with van der Waals surface area (Å²) in [6, 6.07) is 12.1. The molecule has 1 saturated carbocycles. The second-order valence-electron chi connectivity index (χ2n) is 4.98. The van der Waals surface area contributed by atoms with Gasteiger partial charge in [0.25, 0.3) is 0 Å². The second-order valence-corrected chi connectivity index (χ2v) is 4.98. The highest BCUT2D eigenvalue weighted by molar-refractivity contribution is 5.19. The molecule has 1 aliphatic rings. The van der Waals surface area contributed by atoms with Gasteiger partial charge in [-0.3, -0.25) is 4.90 Å². The second kappa shape index (κ2) is 6.18. The predicted octanol–water partition coefficient (Wildman–Crippen LogP) is 2.82. The molecule has 1 aromatic rings. The number of hydrogen-bond acceptors (Lipinski definition) is 2. The zero-order valence-electron chi connectivity index (χ0n) is 11.0. The van der Waals surface area contributed by atoms with Crippen LogP contribution in [0.5, 0.6) is 0 Å². The molecule has 0 aromatic heterocycles. The molecule has 94 valence electrons. The number of nitrogens with one attached hydrogen (secondary N) is 1. The molecular formula is C15H24N2. The van der Waals surface area contributed by atoms with Crippen LogP contribution in [0, 0.1) is 0 Å². The summed E-state index contributed by atoms with van der Waals surface area (Å²) in [5.41, 5.74) is 1.40. The molecule has 2 rings (SSSR count). The van der Waals surface area contributed by atoms with Crippen LogP contribution in [0.2, 0.25) is 0 Å². The van der Waals surface area contributed by atoms with Crippen molar-refractivity contribution in [2.45, 2.75) is 38.3 Å². The first-order valence-corrected chi connectivity index (χ1v) is 6.81. The van der Waals surface area contributed by atoms with Gasteiger partial charge in [-0.05, 0) is 38.4 Å². The number of hydrogen-bond donors (Lipinski definition) is 1. The van der Waals surface area contributed by atoms with Crippen LogP contribution in [0.4, 0.5) is 0 Å². The molecule has 1 atom stereocenters. The maximum atomic E-state index is 3.45. The SMILES string of the molecule is CCCN(CC(NC)c1ccccc1)C1CC1. The van der Waals surface area contributed by atoms with Crippen LogP contribution >= 0.6 is 0 Å². The third kappa shape index (κ3) is 3.55. The van der Waals surface area contributed by atoms with E-state index in [1.807, 2.05) is 0 Å². The van der Waals surface area contributed by atoms with Gasteiger partial charge in [-0.15, -0.1) is 0 Å². The maximum absolute atomic E-state index is 3.45. The summed E-state index contributed by atoms with van der Waals surface area (Å²) in [4.78, 5) is 2.65. The fourth-order valence-corrected chi connectivity index (χ4v) is 2.43. The van der Waals surface area contributed by atoms with E-state index in [1.165, 1.54) is 31.4 Å². The van der Waals surface area contributed by atoms with Gasteiger partial charge < -0.3 is 5.32 Å². The first kappa shape index (κ1) is 12.6. The lowest BCUT2D eigenvalue weighted by Crippen LogP contribution is -2.35. The molecule has 0 bridgehead atoms. The van der Waals surface area contributed by atoms with Crippen LogP contribution in [-0.2, 0) is 0 Å². The van der Waals surface area contributed by atoms with E-state index >= 15 is 0 Å². The fraction of sp³-hybridized carbons (Fsp3) is 0.600. The zero-order chi connectivity index (χ0) is 12.1. The van der Waals surface area contributed by atoms with Crippen molar-refractivity contribution in [3.05, 3.63) is 35.9 Å². The molecule has 2 heteroatoms. The van der Waals surface area contributed by atoms with Crippen LogP contribution in [0.25, 0.3) is 0 Å². The number of rotatable bonds is 7. The van der Waals surface area contributed by atoms with Crippen LogP contribution in [0.1, 0.15) is 37.8 Å². The molecule has 0 spiro atoms. The summed E-state index contributed by atoms with van der Waals surface area (Å²) >= 11 is 0. The van der Waals surface area contributed by atoms with Crippen molar-refractivity contribution in [1.29, 1.82) is 0 Å². The Hall–Kier alpha value is -0.860. The Morgan fingerprint density at radius 3 is 2.53 bits per heavy atom. The smallest absolute Gasteiger partial charge is 0.0446 e. The first-order chi connectivity index (χ1) is 8.35. The highest BCUT2D eigenvalue weighted by Crippen LogP contribution is 2.28. The minimum atomic E-state index is 0.461. The average Bonchev–Trinajstić information content (AvgIpc) is 3.20. The van der Waals surface area contributed by atoms with Crippen LogP contribution < -0.4 is 5.32 Å². The van der Waals surface area contributed by atoms with E-state index in [2.05, 4.69) is 54.5 Å². The Kier molecular flexibility index (Phi) is 4.57. The minimum Gasteiger partial charge on any atom is -0.312 e. The summed E-state index contributed by atoms with van der Waals surface area (Å²) in [5, 5.41) is 3.45. The zero-order valence-corrected chi connectivity index (χ0v) is 11.0. The summed E-state index contributed by atoms with van der Waals surface area (Å²) < 4.78 is 0. The van der Waals surface area contributed by atoms with Crippen LogP contribution in [-0.4, -0.2) is 31.1 Å². The van der Waals surface area contributed by atoms with Crippen molar-refractivity contribution in [3.63, 3.8) is 0 Å². The standard InChI is InChI=1S/C15H24N2/c1-3-11-17(14-9-10-14)12-15(16-2)13-7-5-4-6-8-13/h4-8,14-16H,3,9-12H2,1-2H3. The third-order valence-corrected chi connectivity index (χ3v) is 3.54. The van der Waals surface area contributed by atoms with Gasteiger partial charge in [0.15, 0.2) is 0 Å². The van der Waals surface area contributed by atoms with Gasteiger partial charge in [0.1, 0.15) is 0 Å². The van der Waals surface area contributed by atoms with Crippen LogP contribution in [0.3, 0.4) is 0 Å². The summed E-state index contributed by atoms with van der Waals surface area (Å²) in [6.07, 6.45) is 4.04. The molecule has 0 saturated heterocycles. The summed E-state index contributed by atoms with van der Waals surface area (Å²) in [7, 11) is 2.06. The van der Waals surface area contributed by atoms with Crippen molar-refractivity contribution >= 4 is 0 Å². The van der Waals surface area contributed by atoms with E-state index in [4.69, 9.17) is 0 Å². The van der Waals surface area contributed by atoms with Gasteiger partial charge in [-0.25, -0.2) is 0 Å². The predicted molar refractivity (Wildman–Crippen MR) is 73.1 cm³/mol. The highest BCUT2D eigenvalue weighted by atomic mass is 15.2. The summed E-state index contributed by atoms with van der Waals surface area (Å²) in [6.45, 7) is 4.64. The quantitative estimate of drug-likeness (QED) is 0.777. The molecule has 0 radical (unpaired) electrons. The molecule has 1 unspecified atom stereocenters. The monoisotopic (exact) mass is 232 g/mol. The molecule has 0 aliphatic heterocycles. The van der Waals surface area contributed by atoms with Gasteiger partial charge in [-0.2, -0.15) is 0 Å². The van der Waals surface area contributed by atoms with Crippen molar-refractivity contribution in [3.8, 4) is 0 Å². The van der Waals surface area contributed by atoms with E-state index in [0.717, 1.165) is 12.6 Å².